The van der Waals surface area contributed by atoms with E-state index in [0.717, 1.165) is 18.7 Å². The van der Waals surface area contributed by atoms with Gasteiger partial charge in [-0.2, -0.15) is 0 Å². The number of fused-ring (bicyclic) bond motifs is 1. The number of rotatable bonds is 2. The van der Waals surface area contributed by atoms with Crippen LogP contribution in [0.5, 0.6) is 0 Å². The minimum atomic E-state index is 0.0770. The number of amides is 1. The standard InChI is InChI=1S/C17H24N2O2/c20-17(16-11-14(18-21-16)12-8-9-12)19-10-4-3-6-13-5-1-2-7-15(13)19/h11-13,15H,1-10H2/t13-,15+/m1/s1. The Labute approximate surface area is 125 Å². The Bertz CT molecular complexity index is 521. The zero-order chi connectivity index (χ0) is 14.2. The van der Waals surface area contributed by atoms with Gasteiger partial charge in [0, 0.05) is 24.6 Å². The zero-order valence-corrected chi connectivity index (χ0v) is 12.6. The monoisotopic (exact) mass is 288 g/mol. The molecule has 114 valence electrons. The maximum Gasteiger partial charge on any atom is 0.292 e. The van der Waals surface area contributed by atoms with E-state index in [-0.39, 0.29) is 5.91 Å². The van der Waals surface area contributed by atoms with Crippen LogP contribution in [0.15, 0.2) is 10.6 Å². The molecule has 3 aliphatic rings. The fourth-order valence-electron chi connectivity index (χ4n) is 4.14. The Morgan fingerprint density at radius 3 is 2.67 bits per heavy atom. The van der Waals surface area contributed by atoms with Gasteiger partial charge in [-0.15, -0.1) is 0 Å². The lowest BCUT2D eigenvalue weighted by atomic mass is 9.81. The van der Waals surface area contributed by atoms with E-state index in [2.05, 4.69) is 10.1 Å². The topological polar surface area (TPSA) is 46.3 Å². The molecule has 1 saturated heterocycles. The summed E-state index contributed by atoms with van der Waals surface area (Å²) in [5.41, 5.74) is 0.980. The fraction of sp³-hybridized carbons (Fsp3) is 0.765. The summed E-state index contributed by atoms with van der Waals surface area (Å²) in [4.78, 5) is 15.0. The molecule has 0 aromatic carbocycles. The van der Waals surface area contributed by atoms with Gasteiger partial charge < -0.3 is 9.42 Å². The van der Waals surface area contributed by atoms with E-state index in [4.69, 9.17) is 4.52 Å². The van der Waals surface area contributed by atoms with Crippen LogP contribution in [0.1, 0.15) is 80.0 Å². The molecule has 3 fully saturated rings. The average Bonchev–Trinajstić information content (AvgIpc) is 3.28. The molecular formula is C17H24N2O2. The Morgan fingerprint density at radius 1 is 1.10 bits per heavy atom. The van der Waals surface area contributed by atoms with Crippen molar-refractivity contribution in [3.63, 3.8) is 0 Å². The maximum absolute atomic E-state index is 12.9. The van der Waals surface area contributed by atoms with Gasteiger partial charge in [-0.3, -0.25) is 4.79 Å². The molecule has 1 aliphatic heterocycles. The lowest BCUT2D eigenvalue weighted by Gasteiger charge is -2.37. The van der Waals surface area contributed by atoms with Crippen LogP contribution in [-0.2, 0) is 0 Å². The molecule has 2 saturated carbocycles. The van der Waals surface area contributed by atoms with Crippen LogP contribution < -0.4 is 0 Å². The molecule has 1 aromatic heterocycles. The first-order valence-electron chi connectivity index (χ1n) is 8.60. The molecule has 0 N–H and O–H groups in total. The van der Waals surface area contributed by atoms with Gasteiger partial charge in [0.05, 0.1) is 5.69 Å². The van der Waals surface area contributed by atoms with Crippen LogP contribution in [-0.4, -0.2) is 28.6 Å². The van der Waals surface area contributed by atoms with Crippen LogP contribution in [0, 0.1) is 5.92 Å². The Balaban J connectivity index is 1.55. The van der Waals surface area contributed by atoms with Crippen molar-refractivity contribution in [1.29, 1.82) is 0 Å². The molecular weight excluding hydrogens is 264 g/mol. The zero-order valence-electron chi connectivity index (χ0n) is 12.6. The van der Waals surface area contributed by atoms with E-state index in [0.29, 0.717) is 23.6 Å². The summed E-state index contributed by atoms with van der Waals surface area (Å²) in [6, 6.07) is 2.33. The normalized spacial score (nSPS) is 29.8. The van der Waals surface area contributed by atoms with Gasteiger partial charge in [0.15, 0.2) is 0 Å². The van der Waals surface area contributed by atoms with Crippen molar-refractivity contribution < 1.29 is 9.32 Å². The molecule has 4 rings (SSSR count). The van der Waals surface area contributed by atoms with Crippen LogP contribution in [0.2, 0.25) is 0 Å². The summed E-state index contributed by atoms with van der Waals surface area (Å²) in [6.45, 7) is 0.888. The van der Waals surface area contributed by atoms with Gasteiger partial charge >= 0.3 is 0 Å². The number of likely N-dealkylation sites (tertiary alicyclic amines) is 1. The third-order valence-electron chi connectivity index (χ3n) is 5.49. The van der Waals surface area contributed by atoms with Crippen molar-refractivity contribution in [2.45, 2.75) is 69.7 Å². The van der Waals surface area contributed by atoms with Gasteiger partial charge in [0.25, 0.3) is 5.91 Å². The Hall–Kier alpha value is -1.32. The molecule has 2 aliphatic carbocycles. The van der Waals surface area contributed by atoms with Crippen molar-refractivity contribution in [2.75, 3.05) is 6.54 Å². The Kier molecular flexibility index (Phi) is 3.48. The highest BCUT2D eigenvalue weighted by Crippen LogP contribution is 2.40. The highest BCUT2D eigenvalue weighted by Gasteiger charge is 2.36. The number of nitrogens with zero attached hydrogens (tertiary/aromatic N) is 2. The number of carbonyl (C=O) groups is 1. The van der Waals surface area contributed by atoms with Crippen LogP contribution in [0.3, 0.4) is 0 Å². The van der Waals surface area contributed by atoms with Crippen molar-refractivity contribution in [1.82, 2.24) is 10.1 Å². The smallest absolute Gasteiger partial charge is 0.292 e. The number of aromatic nitrogens is 1. The van der Waals surface area contributed by atoms with Gasteiger partial charge in [-0.05, 0) is 44.4 Å². The molecule has 4 nitrogen and oxygen atoms in total. The molecule has 0 spiro atoms. The Morgan fingerprint density at radius 2 is 1.86 bits per heavy atom. The summed E-state index contributed by atoms with van der Waals surface area (Å²) in [5, 5.41) is 4.10. The summed E-state index contributed by atoms with van der Waals surface area (Å²) < 4.78 is 5.36. The van der Waals surface area contributed by atoms with Gasteiger partial charge in [-0.25, -0.2) is 0 Å². The molecule has 0 unspecified atom stereocenters. The number of carbonyl (C=O) groups excluding carboxylic acids is 1. The van der Waals surface area contributed by atoms with Crippen LogP contribution in [0.4, 0.5) is 0 Å². The summed E-state index contributed by atoms with van der Waals surface area (Å²) in [7, 11) is 0. The second kappa shape index (κ2) is 5.47. The molecule has 1 aromatic rings. The van der Waals surface area contributed by atoms with Gasteiger partial charge in [0.1, 0.15) is 0 Å². The van der Waals surface area contributed by atoms with E-state index in [1.807, 2.05) is 6.07 Å². The highest BCUT2D eigenvalue weighted by atomic mass is 16.5. The van der Waals surface area contributed by atoms with Crippen LogP contribution >= 0.6 is 0 Å². The number of hydrogen-bond acceptors (Lipinski definition) is 3. The first kappa shape index (κ1) is 13.4. The second-order valence-electron chi connectivity index (χ2n) is 7.00. The third kappa shape index (κ3) is 2.60. The molecule has 0 bridgehead atoms. The van der Waals surface area contributed by atoms with Crippen molar-refractivity contribution in [3.8, 4) is 0 Å². The van der Waals surface area contributed by atoms with Crippen LogP contribution in [0.25, 0.3) is 0 Å². The van der Waals surface area contributed by atoms with E-state index < -0.39 is 0 Å². The molecule has 21 heavy (non-hydrogen) atoms. The van der Waals surface area contributed by atoms with Gasteiger partial charge in [-0.1, -0.05) is 24.4 Å². The van der Waals surface area contributed by atoms with E-state index in [1.165, 1.54) is 51.4 Å². The molecule has 4 heteroatoms. The minimum absolute atomic E-state index is 0.0770. The third-order valence-corrected chi connectivity index (χ3v) is 5.49. The lowest BCUT2D eigenvalue weighted by Crippen LogP contribution is -2.45. The lowest BCUT2D eigenvalue weighted by molar-refractivity contribution is 0.0528. The predicted octanol–water partition coefficient (Wildman–Crippen LogP) is 3.74. The largest absolute Gasteiger partial charge is 0.351 e. The first-order chi connectivity index (χ1) is 10.3. The van der Waals surface area contributed by atoms with E-state index in [1.54, 1.807) is 0 Å². The van der Waals surface area contributed by atoms with Crippen molar-refractivity contribution >= 4 is 5.91 Å². The summed E-state index contributed by atoms with van der Waals surface area (Å²) in [5.74, 6) is 1.79. The second-order valence-corrected chi connectivity index (χ2v) is 7.00. The van der Waals surface area contributed by atoms with E-state index >= 15 is 0 Å². The summed E-state index contributed by atoms with van der Waals surface area (Å²) >= 11 is 0. The van der Waals surface area contributed by atoms with E-state index in [9.17, 15) is 4.79 Å². The van der Waals surface area contributed by atoms with Crippen molar-refractivity contribution in [2.24, 2.45) is 5.92 Å². The average molecular weight is 288 g/mol. The minimum Gasteiger partial charge on any atom is -0.351 e. The summed E-state index contributed by atoms with van der Waals surface area (Å²) in [6.07, 6.45) is 11.1. The maximum atomic E-state index is 12.9. The van der Waals surface area contributed by atoms with Gasteiger partial charge in [0.2, 0.25) is 5.76 Å². The highest BCUT2D eigenvalue weighted by molar-refractivity contribution is 5.91. The molecule has 2 atom stereocenters. The molecule has 0 radical (unpaired) electrons. The molecule has 1 amide bonds. The molecule has 2 heterocycles. The number of hydrogen-bond donors (Lipinski definition) is 0. The fourth-order valence-corrected chi connectivity index (χ4v) is 4.14. The SMILES string of the molecule is O=C(c1cc(C2CC2)no1)N1CCCC[C@H]2CCCC[C@@H]21. The first-order valence-corrected chi connectivity index (χ1v) is 8.60. The van der Waals surface area contributed by atoms with Crippen molar-refractivity contribution in [3.05, 3.63) is 17.5 Å². The predicted molar refractivity (Wildman–Crippen MR) is 79.1 cm³/mol. The quantitative estimate of drug-likeness (QED) is 0.833.